The van der Waals surface area contributed by atoms with E-state index < -0.39 is 5.60 Å². The molecule has 0 aromatic carbocycles. The van der Waals surface area contributed by atoms with Crippen LogP contribution in [0.2, 0.25) is 0 Å². The van der Waals surface area contributed by atoms with Gasteiger partial charge in [-0.3, -0.25) is 0 Å². The van der Waals surface area contributed by atoms with Crippen molar-refractivity contribution < 1.29 is 5.11 Å². The molecule has 5 atom stereocenters. The Bertz CT molecular complexity index is 811. The highest BCUT2D eigenvalue weighted by Crippen LogP contribution is 2.63. The molecule has 28 heavy (non-hydrogen) atoms. The van der Waals surface area contributed by atoms with Crippen LogP contribution in [0.15, 0.2) is 34.6 Å². The fourth-order valence-corrected chi connectivity index (χ4v) is 7.61. The second-order valence-electron chi connectivity index (χ2n) is 9.99. The van der Waals surface area contributed by atoms with Gasteiger partial charge in [-0.1, -0.05) is 18.9 Å². The number of hydrogen-bond acceptors (Lipinski definition) is 2. The molecule has 0 bridgehead atoms. The SMILES string of the molecule is C#C[C@]1(O)CC[C@H]2[C@@H]3CCC4=C(CCC(N5CCCC5C)=C4)C3=CC[C@@]21CC. The Labute approximate surface area is 170 Å². The van der Waals surface area contributed by atoms with Crippen LogP contribution in [-0.2, 0) is 0 Å². The van der Waals surface area contributed by atoms with E-state index in [2.05, 4.69) is 36.8 Å². The fraction of sp³-hybridized carbons (Fsp3) is 0.692. The molecule has 1 N–H and O–H groups in total. The van der Waals surface area contributed by atoms with E-state index in [-0.39, 0.29) is 5.41 Å². The topological polar surface area (TPSA) is 23.5 Å². The summed E-state index contributed by atoms with van der Waals surface area (Å²) in [4.78, 5) is 2.66. The number of rotatable bonds is 2. The van der Waals surface area contributed by atoms with Crippen LogP contribution in [0.5, 0.6) is 0 Å². The molecule has 5 rings (SSSR count). The summed E-state index contributed by atoms with van der Waals surface area (Å²) in [5, 5.41) is 11.3. The predicted molar refractivity (Wildman–Crippen MR) is 114 cm³/mol. The molecular weight excluding hydrogens is 342 g/mol. The molecule has 4 aliphatic carbocycles. The molecule has 2 heteroatoms. The minimum atomic E-state index is -0.908. The van der Waals surface area contributed by atoms with Crippen molar-refractivity contribution in [2.75, 3.05) is 6.54 Å². The summed E-state index contributed by atoms with van der Waals surface area (Å²) in [6.45, 7) is 5.86. The zero-order valence-corrected chi connectivity index (χ0v) is 17.6. The maximum Gasteiger partial charge on any atom is 0.131 e. The van der Waals surface area contributed by atoms with Gasteiger partial charge in [0.15, 0.2) is 0 Å². The quantitative estimate of drug-likeness (QED) is 0.655. The van der Waals surface area contributed by atoms with Gasteiger partial charge in [-0.15, -0.1) is 6.42 Å². The first kappa shape index (κ1) is 18.6. The number of terminal acetylenes is 1. The number of nitrogens with zero attached hydrogens (tertiary/aromatic N) is 1. The van der Waals surface area contributed by atoms with E-state index in [4.69, 9.17) is 6.42 Å². The van der Waals surface area contributed by atoms with Gasteiger partial charge >= 0.3 is 0 Å². The molecule has 0 aromatic heterocycles. The lowest BCUT2D eigenvalue weighted by Crippen LogP contribution is -2.49. The Morgan fingerprint density at radius 3 is 2.82 bits per heavy atom. The Hall–Kier alpha value is -1.46. The van der Waals surface area contributed by atoms with E-state index in [1.807, 2.05) is 0 Å². The highest BCUT2D eigenvalue weighted by Gasteiger charge is 2.61. The molecule has 0 radical (unpaired) electrons. The van der Waals surface area contributed by atoms with Crippen molar-refractivity contribution in [3.8, 4) is 12.3 Å². The molecule has 2 nitrogen and oxygen atoms in total. The highest BCUT2D eigenvalue weighted by atomic mass is 16.3. The average molecular weight is 378 g/mol. The number of hydrogen-bond donors (Lipinski definition) is 1. The van der Waals surface area contributed by atoms with Gasteiger partial charge in [0.2, 0.25) is 0 Å². The van der Waals surface area contributed by atoms with E-state index >= 15 is 0 Å². The standard InChI is InChI=1S/C26H35NO/c1-4-25-14-12-22-21-11-9-20(27-16-6-7-18(27)3)17-19(21)8-10-23(22)24(25)13-15-26(25,28)5-2/h2,12,17-18,23-24,28H,4,6-11,13-16H2,1,3H3/t18?,23-,24+,25+,26+/m1/s1. The molecule has 5 aliphatic rings. The minimum Gasteiger partial charge on any atom is -0.377 e. The van der Waals surface area contributed by atoms with Gasteiger partial charge < -0.3 is 10.0 Å². The highest BCUT2D eigenvalue weighted by molar-refractivity contribution is 5.50. The smallest absolute Gasteiger partial charge is 0.131 e. The van der Waals surface area contributed by atoms with Gasteiger partial charge in [0.25, 0.3) is 0 Å². The molecule has 1 aliphatic heterocycles. The number of aliphatic hydroxyl groups is 1. The molecule has 0 amide bonds. The van der Waals surface area contributed by atoms with Crippen LogP contribution in [0, 0.1) is 29.6 Å². The Kier molecular flexibility index (Phi) is 4.33. The summed E-state index contributed by atoms with van der Waals surface area (Å²) in [7, 11) is 0. The van der Waals surface area contributed by atoms with E-state index in [9.17, 15) is 5.11 Å². The van der Waals surface area contributed by atoms with E-state index in [1.54, 1.807) is 22.4 Å². The Morgan fingerprint density at radius 2 is 2.11 bits per heavy atom. The number of likely N-dealkylation sites (tertiary alicyclic amines) is 1. The summed E-state index contributed by atoms with van der Waals surface area (Å²) >= 11 is 0. The summed E-state index contributed by atoms with van der Waals surface area (Å²) < 4.78 is 0. The zero-order chi connectivity index (χ0) is 19.5. The van der Waals surface area contributed by atoms with Crippen LogP contribution in [0.3, 0.4) is 0 Å². The van der Waals surface area contributed by atoms with Crippen molar-refractivity contribution in [3.63, 3.8) is 0 Å². The fourth-order valence-electron chi connectivity index (χ4n) is 7.61. The lowest BCUT2D eigenvalue weighted by Gasteiger charge is -2.50. The molecule has 1 saturated carbocycles. The Morgan fingerprint density at radius 1 is 1.25 bits per heavy atom. The Balaban J connectivity index is 1.49. The summed E-state index contributed by atoms with van der Waals surface area (Å²) in [6.07, 6.45) is 22.2. The van der Waals surface area contributed by atoms with E-state index in [1.165, 1.54) is 45.1 Å². The van der Waals surface area contributed by atoms with Crippen molar-refractivity contribution in [1.29, 1.82) is 0 Å². The van der Waals surface area contributed by atoms with E-state index in [0.717, 1.165) is 25.7 Å². The largest absolute Gasteiger partial charge is 0.377 e. The molecule has 1 heterocycles. The van der Waals surface area contributed by atoms with Crippen LogP contribution < -0.4 is 0 Å². The van der Waals surface area contributed by atoms with Crippen LogP contribution in [0.25, 0.3) is 0 Å². The zero-order valence-electron chi connectivity index (χ0n) is 17.6. The first-order valence-electron chi connectivity index (χ1n) is 11.6. The first-order valence-corrected chi connectivity index (χ1v) is 11.6. The van der Waals surface area contributed by atoms with Gasteiger partial charge in [-0.05, 0) is 106 Å². The second kappa shape index (κ2) is 6.53. The van der Waals surface area contributed by atoms with Gasteiger partial charge in [0.05, 0.1) is 0 Å². The maximum atomic E-state index is 11.3. The molecule has 0 aromatic rings. The van der Waals surface area contributed by atoms with Gasteiger partial charge in [0.1, 0.15) is 5.60 Å². The molecular formula is C26H35NO. The monoisotopic (exact) mass is 377 g/mol. The van der Waals surface area contributed by atoms with Crippen molar-refractivity contribution in [1.82, 2.24) is 4.90 Å². The lowest BCUT2D eigenvalue weighted by atomic mass is 9.55. The van der Waals surface area contributed by atoms with Gasteiger partial charge in [-0.25, -0.2) is 0 Å². The van der Waals surface area contributed by atoms with Gasteiger partial charge in [0, 0.05) is 23.7 Å². The maximum absolute atomic E-state index is 11.3. The molecule has 1 unspecified atom stereocenters. The summed E-state index contributed by atoms with van der Waals surface area (Å²) in [6, 6.07) is 0.712. The van der Waals surface area contributed by atoms with E-state index in [0.29, 0.717) is 17.9 Å². The normalized spacial score (nSPS) is 42.4. The third kappa shape index (κ3) is 2.38. The molecule has 0 spiro atoms. The van der Waals surface area contributed by atoms with Crippen molar-refractivity contribution in [2.24, 2.45) is 17.3 Å². The van der Waals surface area contributed by atoms with Crippen molar-refractivity contribution in [2.45, 2.75) is 89.7 Å². The van der Waals surface area contributed by atoms with Crippen LogP contribution in [0.1, 0.15) is 78.1 Å². The van der Waals surface area contributed by atoms with Crippen LogP contribution in [-0.4, -0.2) is 28.2 Å². The molecule has 2 fully saturated rings. The summed E-state index contributed by atoms with van der Waals surface area (Å²) in [5.74, 6) is 3.98. The van der Waals surface area contributed by atoms with Crippen molar-refractivity contribution in [3.05, 3.63) is 34.6 Å². The number of fused-ring (bicyclic) bond motifs is 4. The third-order valence-electron chi connectivity index (χ3n) is 9.15. The lowest BCUT2D eigenvalue weighted by molar-refractivity contribution is -0.0489. The van der Waals surface area contributed by atoms with Crippen molar-refractivity contribution >= 4 is 0 Å². The second-order valence-corrected chi connectivity index (χ2v) is 9.99. The molecule has 1 saturated heterocycles. The minimum absolute atomic E-state index is 0.103. The van der Waals surface area contributed by atoms with Gasteiger partial charge in [-0.2, -0.15) is 0 Å². The number of allylic oxidation sites excluding steroid dienone is 6. The molecule has 150 valence electrons. The first-order chi connectivity index (χ1) is 13.5. The predicted octanol–water partition coefficient (Wildman–Crippen LogP) is 5.36. The van der Waals surface area contributed by atoms with Crippen LogP contribution >= 0.6 is 0 Å². The van der Waals surface area contributed by atoms with Crippen LogP contribution in [0.4, 0.5) is 0 Å². The third-order valence-corrected chi connectivity index (χ3v) is 9.15. The summed E-state index contributed by atoms with van der Waals surface area (Å²) in [5.41, 5.74) is 5.46. The average Bonchev–Trinajstić information content (AvgIpc) is 3.29.